The van der Waals surface area contributed by atoms with E-state index in [9.17, 15) is 9.59 Å². The van der Waals surface area contributed by atoms with E-state index in [0.29, 0.717) is 19.0 Å². The monoisotopic (exact) mass is 227 g/mol. The molecule has 5 nitrogen and oxygen atoms in total. The molecule has 0 heterocycles. The van der Waals surface area contributed by atoms with E-state index >= 15 is 0 Å². The fraction of sp³-hybridized carbons (Fsp3) is 0.818. The second-order valence-electron chi connectivity index (χ2n) is 4.38. The van der Waals surface area contributed by atoms with E-state index in [2.05, 4.69) is 5.32 Å². The highest BCUT2D eigenvalue weighted by Crippen LogP contribution is 2.18. The molecule has 0 aliphatic heterocycles. The van der Waals surface area contributed by atoms with Gasteiger partial charge in [0.05, 0.1) is 12.5 Å². The minimum atomic E-state index is -0.168. The zero-order valence-electron chi connectivity index (χ0n) is 10.0. The fourth-order valence-electron chi connectivity index (χ4n) is 1.55. The van der Waals surface area contributed by atoms with Crippen LogP contribution in [0.15, 0.2) is 0 Å². The Morgan fingerprint density at radius 1 is 1.50 bits per heavy atom. The largest absolute Gasteiger partial charge is 0.352 e. The van der Waals surface area contributed by atoms with Crippen molar-refractivity contribution in [2.45, 2.75) is 32.2 Å². The molecule has 1 rings (SSSR count). The Morgan fingerprint density at radius 2 is 2.12 bits per heavy atom. The molecule has 1 aliphatic rings. The molecule has 1 atom stereocenters. The number of carbonyl (C=O) groups excluding carboxylic acids is 2. The lowest BCUT2D eigenvalue weighted by atomic mass is 10.1. The van der Waals surface area contributed by atoms with E-state index in [4.69, 9.17) is 5.73 Å². The lowest BCUT2D eigenvalue weighted by Gasteiger charge is -2.21. The first-order valence-electron chi connectivity index (χ1n) is 5.82. The van der Waals surface area contributed by atoms with Crippen LogP contribution in [-0.2, 0) is 9.59 Å². The minimum absolute atomic E-state index is 0.0454. The molecule has 1 unspecified atom stereocenters. The molecule has 2 amide bonds. The average Bonchev–Trinajstić information content (AvgIpc) is 3.03. The molecule has 0 aromatic heterocycles. The summed E-state index contributed by atoms with van der Waals surface area (Å²) in [6, 6.07) is 0.340. The summed E-state index contributed by atoms with van der Waals surface area (Å²) in [7, 11) is 1.65. The van der Waals surface area contributed by atoms with E-state index in [1.165, 1.54) is 4.90 Å². The van der Waals surface area contributed by atoms with E-state index in [0.717, 1.165) is 12.8 Å². The second-order valence-corrected chi connectivity index (χ2v) is 4.38. The van der Waals surface area contributed by atoms with E-state index in [1.807, 2.05) is 6.92 Å². The maximum Gasteiger partial charge on any atom is 0.239 e. The van der Waals surface area contributed by atoms with Crippen LogP contribution in [0.25, 0.3) is 0 Å². The van der Waals surface area contributed by atoms with Crippen LogP contribution in [0.2, 0.25) is 0 Å². The maximum atomic E-state index is 11.8. The summed E-state index contributed by atoms with van der Waals surface area (Å²) in [6.45, 7) is 2.39. The Bertz CT molecular complexity index is 260. The van der Waals surface area contributed by atoms with Crippen LogP contribution in [0.5, 0.6) is 0 Å². The number of amides is 2. The summed E-state index contributed by atoms with van der Waals surface area (Å²) < 4.78 is 0. The molecule has 5 heteroatoms. The van der Waals surface area contributed by atoms with Gasteiger partial charge in [-0.3, -0.25) is 9.59 Å². The zero-order chi connectivity index (χ0) is 12.1. The molecule has 0 aromatic rings. The third-order valence-electron chi connectivity index (χ3n) is 2.83. The SMILES string of the molecule is CCC(CN)C(=O)N(C)CC(=O)NC1CC1. The van der Waals surface area contributed by atoms with Gasteiger partial charge in [0.2, 0.25) is 11.8 Å². The van der Waals surface area contributed by atoms with E-state index in [-0.39, 0.29) is 24.3 Å². The number of nitrogens with two attached hydrogens (primary N) is 1. The quantitative estimate of drug-likeness (QED) is 0.654. The third-order valence-corrected chi connectivity index (χ3v) is 2.83. The minimum Gasteiger partial charge on any atom is -0.352 e. The highest BCUT2D eigenvalue weighted by molar-refractivity contribution is 5.86. The van der Waals surface area contributed by atoms with Gasteiger partial charge in [-0.15, -0.1) is 0 Å². The number of hydrogen-bond donors (Lipinski definition) is 2. The van der Waals surface area contributed by atoms with Crippen LogP contribution < -0.4 is 11.1 Å². The first-order chi connectivity index (χ1) is 7.58. The standard InChI is InChI=1S/C11H21N3O2/c1-3-8(6-12)11(16)14(2)7-10(15)13-9-4-5-9/h8-9H,3-7,12H2,1-2H3,(H,13,15). The lowest BCUT2D eigenvalue weighted by molar-refractivity contribution is -0.137. The predicted octanol–water partition coefficient (Wildman–Crippen LogP) is -0.292. The smallest absolute Gasteiger partial charge is 0.239 e. The van der Waals surface area contributed by atoms with Gasteiger partial charge >= 0.3 is 0 Å². The molecule has 1 fully saturated rings. The number of nitrogens with one attached hydrogen (secondary N) is 1. The Morgan fingerprint density at radius 3 is 2.56 bits per heavy atom. The molecule has 0 aromatic carbocycles. The summed E-state index contributed by atoms with van der Waals surface area (Å²) >= 11 is 0. The van der Waals surface area contributed by atoms with Gasteiger partial charge in [-0.05, 0) is 19.3 Å². The Kier molecular flexibility index (Phi) is 4.73. The van der Waals surface area contributed by atoms with Crippen LogP contribution in [0, 0.1) is 5.92 Å². The highest BCUT2D eigenvalue weighted by Gasteiger charge is 2.25. The molecular formula is C11H21N3O2. The van der Waals surface area contributed by atoms with Crippen molar-refractivity contribution in [1.29, 1.82) is 0 Å². The van der Waals surface area contributed by atoms with Gasteiger partial charge in [-0.1, -0.05) is 6.92 Å². The normalized spacial score (nSPS) is 16.7. The van der Waals surface area contributed by atoms with Crippen molar-refractivity contribution in [1.82, 2.24) is 10.2 Å². The molecule has 0 bridgehead atoms. The molecule has 0 spiro atoms. The van der Waals surface area contributed by atoms with E-state index in [1.54, 1.807) is 7.05 Å². The fourth-order valence-corrected chi connectivity index (χ4v) is 1.55. The maximum absolute atomic E-state index is 11.8. The van der Waals surface area contributed by atoms with Gasteiger partial charge < -0.3 is 16.0 Å². The zero-order valence-corrected chi connectivity index (χ0v) is 10.0. The Balaban J connectivity index is 2.34. The van der Waals surface area contributed by atoms with Crippen LogP contribution in [0.1, 0.15) is 26.2 Å². The average molecular weight is 227 g/mol. The molecule has 0 radical (unpaired) electrons. The highest BCUT2D eigenvalue weighted by atomic mass is 16.2. The van der Waals surface area contributed by atoms with Crippen molar-refractivity contribution in [2.24, 2.45) is 11.7 Å². The topological polar surface area (TPSA) is 75.4 Å². The number of likely N-dealkylation sites (N-methyl/N-ethyl adjacent to an activating group) is 1. The van der Waals surface area contributed by atoms with Gasteiger partial charge in [-0.2, -0.15) is 0 Å². The number of nitrogens with zero attached hydrogens (tertiary/aromatic N) is 1. The van der Waals surface area contributed by atoms with Gasteiger partial charge in [-0.25, -0.2) is 0 Å². The summed E-state index contributed by atoms with van der Waals surface area (Å²) in [6.07, 6.45) is 2.83. The number of hydrogen-bond acceptors (Lipinski definition) is 3. The van der Waals surface area contributed by atoms with Crippen LogP contribution in [-0.4, -0.2) is 42.9 Å². The molecular weight excluding hydrogens is 206 g/mol. The molecule has 3 N–H and O–H groups in total. The van der Waals surface area contributed by atoms with Crippen LogP contribution in [0.3, 0.4) is 0 Å². The van der Waals surface area contributed by atoms with Crippen molar-refractivity contribution in [3.8, 4) is 0 Å². The van der Waals surface area contributed by atoms with Crippen molar-refractivity contribution in [3.63, 3.8) is 0 Å². The molecule has 1 aliphatic carbocycles. The van der Waals surface area contributed by atoms with E-state index < -0.39 is 0 Å². The van der Waals surface area contributed by atoms with Gasteiger partial charge in [0.1, 0.15) is 0 Å². The van der Waals surface area contributed by atoms with Gasteiger partial charge in [0, 0.05) is 19.6 Å². The predicted molar refractivity (Wildman–Crippen MR) is 61.6 cm³/mol. The summed E-state index contributed by atoms with van der Waals surface area (Å²) in [5, 5.41) is 2.85. The van der Waals surface area contributed by atoms with Crippen molar-refractivity contribution in [2.75, 3.05) is 20.1 Å². The molecule has 0 saturated heterocycles. The van der Waals surface area contributed by atoms with Crippen LogP contribution >= 0.6 is 0 Å². The van der Waals surface area contributed by atoms with Crippen LogP contribution in [0.4, 0.5) is 0 Å². The Hall–Kier alpha value is -1.10. The lowest BCUT2D eigenvalue weighted by Crippen LogP contribution is -2.43. The summed E-state index contributed by atoms with van der Waals surface area (Å²) in [4.78, 5) is 24.7. The van der Waals surface area contributed by atoms with Gasteiger partial charge in [0.25, 0.3) is 0 Å². The number of rotatable bonds is 6. The molecule has 92 valence electrons. The number of carbonyl (C=O) groups is 2. The molecule has 16 heavy (non-hydrogen) atoms. The van der Waals surface area contributed by atoms with Gasteiger partial charge in [0.15, 0.2) is 0 Å². The Labute approximate surface area is 96.4 Å². The second kappa shape index (κ2) is 5.84. The van der Waals surface area contributed by atoms with Crippen molar-refractivity contribution < 1.29 is 9.59 Å². The van der Waals surface area contributed by atoms with Crippen molar-refractivity contribution >= 4 is 11.8 Å². The first-order valence-corrected chi connectivity index (χ1v) is 5.82. The molecule has 1 saturated carbocycles. The first kappa shape index (κ1) is 13.0. The van der Waals surface area contributed by atoms with Crippen molar-refractivity contribution in [3.05, 3.63) is 0 Å². The summed E-state index contributed by atoms with van der Waals surface area (Å²) in [5.41, 5.74) is 5.50. The third kappa shape index (κ3) is 3.81. The summed E-state index contributed by atoms with van der Waals surface area (Å²) in [5.74, 6) is -0.292.